The van der Waals surface area contributed by atoms with Crippen LogP contribution in [0.4, 0.5) is 5.69 Å². The highest BCUT2D eigenvalue weighted by Crippen LogP contribution is 2.21. The summed E-state index contributed by atoms with van der Waals surface area (Å²) in [7, 11) is 1.99. The molecule has 1 fully saturated rings. The lowest BCUT2D eigenvalue weighted by Crippen LogP contribution is -2.49. The fraction of sp³-hybridized carbons (Fsp3) is 0.412. The van der Waals surface area contributed by atoms with Gasteiger partial charge in [0.25, 0.3) is 0 Å². The minimum Gasteiger partial charge on any atom is -0.337 e. The minimum atomic E-state index is 0.00867. The lowest BCUT2D eigenvalue weighted by Gasteiger charge is -2.35. The molecule has 6 nitrogen and oxygen atoms in total. The molecule has 0 aliphatic carbocycles. The molecule has 1 aromatic heterocycles. The highest BCUT2D eigenvalue weighted by atomic mass is 32.2. The van der Waals surface area contributed by atoms with Crippen molar-refractivity contribution >= 4 is 23.4 Å². The Morgan fingerprint density at radius 2 is 2.38 bits per heavy atom. The number of hydrogen-bond acceptors (Lipinski definition) is 5. The van der Waals surface area contributed by atoms with E-state index in [0.717, 1.165) is 36.0 Å². The molecule has 1 aliphatic rings. The van der Waals surface area contributed by atoms with Crippen molar-refractivity contribution in [1.82, 2.24) is 19.8 Å². The Morgan fingerprint density at radius 3 is 3.12 bits per heavy atom. The first-order valence-electron chi connectivity index (χ1n) is 8.03. The van der Waals surface area contributed by atoms with E-state index in [2.05, 4.69) is 20.5 Å². The molecule has 0 saturated carbocycles. The van der Waals surface area contributed by atoms with Crippen LogP contribution in [0.25, 0.3) is 0 Å². The van der Waals surface area contributed by atoms with Gasteiger partial charge in [-0.1, -0.05) is 6.07 Å². The third kappa shape index (κ3) is 3.98. The normalized spacial score (nSPS) is 18.5. The highest BCUT2D eigenvalue weighted by Gasteiger charge is 2.28. The zero-order valence-corrected chi connectivity index (χ0v) is 14.8. The third-order valence-corrected chi connectivity index (χ3v) is 4.94. The molecule has 2 heterocycles. The van der Waals surface area contributed by atoms with Crippen LogP contribution in [0.5, 0.6) is 0 Å². The van der Waals surface area contributed by atoms with E-state index in [1.54, 1.807) is 18.0 Å². The van der Waals surface area contributed by atoms with Gasteiger partial charge in [-0.05, 0) is 24.5 Å². The smallest absolute Gasteiger partial charge is 0.238 e. The first-order chi connectivity index (χ1) is 11.7. The maximum absolute atomic E-state index is 12.5. The van der Waals surface area contributed by atoms with Crippen molar-refractivity contribution in [2.45, 2.75) is 10.9 Å². The van der Waals surface area contributed by atoms with E-state index < -0.39 is 0 Å². The van der Waals surface area contributed by atoms with Crippen LogP contribution in [-0.4, -0.2) is 52.8 Å². The molecule has 1 amide bonds. The van der Waals surface area contributed by atoms with Crippen LogP contribution in [-0.2, 0) is 11.8 Å². The predicted octanol–water partition coefficient (Wildman–Crippen LogP) is 1.73. The molecule has 1 saturated heterocycles. The van der Waals surface area contributed by atoms with Crippen molar-refractivity contribution in [3.63, 3.8) is 0 Å². The molecule has 7 heteroatoms. The van der Waals surface area contributed by atoms with Gasteiger partial charge in [-0.2, -0.15) is 0 Å². The molecule has 2 N–H and O–H groups in total. The van der Waals surface area contributed by atoms with Crippen molar-refractivity contribution in [1.29, 1.82) is 0 Å². The van der Waals surface area contributed by atoms with E-state index in [1.807, 2.05) is 48.3 Å². The first-order valence-corrected chi connectivity index (χ1v) is 9.26. The number of imidazole rings is 1. The molecular weight excluding hydrogens is 322 g/mol. The number of carbonyl (C=O) groups is 1. The van der Waals surface area contributed by atoms with Gasteiger partial charge in [0.15, 0.2) is 0 Å². The van der Waals surface area contributed by atoms with E-state index in [0.29, 0.717) is 6.54 Å². The van der Waals surface area contributed by atoms with Crippen molar-refractivity contribution in [2.75, 3.05) is 37.8 Å². The lowest BCUT2D eigenvalue weighted by atomic mass is 10.1. The van der Waals surface area contributed by atoms with Crippen molar-refractivity contribution in [2.24, 2.45) is 7.05 Å². The fourth-order valence-corrected chi connectivity index (χ4v) is 3.43. The summed E-state index contributed by atoms with van der Waals surface area (Å²) in [5, 5.41) is 6.39. The van der Waals surface area contributed by atoms with Crippen LogP contribution >= 0.6 is 11.8 Å². The Hall–Kier alpha value is -1.83. The maximum Gasteiger partial charge on any atom is 0.238 e. The first kappa shape index (κ1) is 17.0. The van der Waals surface area contributed by atoms with Crippen LogP contribution < -0.4 is 10.6 Å². The molecule has 0 bridgehead atoms. The minimum absolute atomic E-state index is 0.00867. The number of aryl methyl sites for hydroxylation is 1. The predicted molar refractivity (Wildman–Crippen MR) is 97.2 cm³/mol. The average Bonchev–Trinajstić information content (AvgIpc) is 3.01. The molecule has 24 heavy (non-hydrogen) atoms. The zero-order chi connectivity index (χ0) is 16.9. The van der Waals surface area contributed by atoms with Crippen molar-refractivity contribution in [3.8, 4) is 0 Å². The molecular formula is C17H23N5OS. The van der Waals surface area contributed by atoms with Gasteiger partial charge < -0.3 is 15.2 Å². The standard InChI is InChI=1S/C17H23N5OS/c1-21-8-7-19-17(21)15-11-18-6-9-22(15)12-16(23)20-13-4-3-5-14(10-13)24-2/h3-5,7-8,10,15,18H,6,9,11-12H2,1-2H3,(H,20,23). The maximum atomic E-state index is 12.5. The summed E-state index contributed by atoms with van der Waals surface area (Å²) in [4.78, 5) is 20.3. The number of aromatic nitrogens is 2. The fourth-order valence-electron chi connectivity index (χ4n) is 2.97. The molecule has 3 rings (SSSR count). The largest absolute Gasteiger partial charge is 0.337 e. The summed E-state index contributed by atoms with van der Waals surface area (Å²) in [6.45, 7) is 2.88. The molecule has 1 unspecified atom stereocenters. The van der Waals surface area contributed by atoms with Gasteiger partial charge in [0, 0.05) is 49.7 Å². The Labute approximate surface area is 146 Å². The van der Waals surface area contributed by atoms with Crippen LogP contribution in [0.15, 0.2) is 41.6 Å². The van der Waals surface area contributed by atoms with Gasteiger partial charge in [-0.15, -0.1) is 11.8 Å². The summed E-state index contributed by atoms with van der Waals surface area (Å²) < 4.78 is 2.02. The van der Waals surface area contributed by atoms with Crippen LogP contribution in [0.2, 0.25) is 0 Å². The molecule has 0 spiro atoms. The van der Waals surface area contributed by atoms with E-state index in [-0.39, 0.29) is 11.9 Å². The quantitative estimate of drug-likeness (QED) is 0.808. The van der Waals surface area contributed by atoms with Gasteiger partial charge in [0.05, 0.1) is 12.6 Å². The molecule has 1 aliphatic heterocycles. The van der Waals surface area contributed by atoms with Crippen LogP contribution in [0.3, 0.4) is 0 Å². The van der Waals surface area contributed by atoms with Crippen LogP contribution in [0.1, 0.15) is 11.9 Å². The van der Waals surface area contributed by atoms with Crippen molar-refractivity contribution < 1.29 is 4.79 Å². The van der Waals surface area contributed by atoms with E-state index in [9.17, 15) is 4.79 Å². The summed E-state index contributed by atoms with van der Waals surface area (Å²) >= 11 is 1.66. The molecule has 0 radical (unpaired) electrons. The summed E-state index contributed by atoms with van der Waals surface area (Å²) in [6.07, 6.45) is 5.77. The SMILES string of the molecule is CSc1cccc(NC(=O)CN2CCNCC2c2nccn2C)c1. The monoisotopic (exact) mass is 345 g/mol. The van der Waals surface area contributed by atoms with Gasteiger partial charge in [-0.25, -0.2) is 4.98 Å². The second kappa shape index (κ2) is 7.83. The van der Waals surface area contributed by atoms with Gasteiger partial charge >= 0.3 is 0 Å². The van der Waals surface area contributed by atoms with Crippen molar-refractivity contribution in [3.05, 3.63) is 42.5 Å². The molecule has 1 aromatic carbocycles. The van der Waals surface area contributed by atoms with Gasteiger partial charge in [0.2, 0.25) is 5.91 Å². The lowest BCUT2D eigenvalue weighted by molar-refractivity contribution is -0.118. The second-order valence-corrected chi connectivity index (χ2v) is 6.75. The van der Waals surface area contributed by atoms with Gasteiger partial charge in [0.1, 0.15) is 5.82 Å². The highest BCUT2D eigenvalue weighted by molar-refractivity contribution is 7.98. The Bertz CT molecular complexity index is 702. The number of thioether (sulfide) groups is 1. The number of nitrogens with one attached hydrogen (secondary N) is 2. The summed E-state index contributed by atoms with van der Waals surface area (Å²) in [5.74, 6) is 0.994. The number of nitrogens with zero attached hydrogens (tertiary/aromatic N) is 3. The van der Waals surface area contributed by atoms with E-state index >= 15 is 0 Å². The van der Waals surface area contributed by atoms with Gasteiger partial charge in [-0.3, -0.25) is 9.69 Å². The van der Waals surface area contributed by atoms with Crippen LogP contribution in [0, 0.1) is 0 Å². The number of piperazine rings is 1. The number of rotatable bonds is 5. The van der Waals surface area contributed by atoms with E-state index in [1.165, 1.54) is 0 Å². The number of benzene rings is 1. The Morgan fingerprint density at radius 1 is 1.50 bits per heavy atom. The van der Waals surface area contributed by atoms with E-state index in [4.69, 9.17) is 0 Å². The molecule has 128 valence electrons. The molecule has 1 atom stereocenters. The molecule has 2 aromatic rings. The number of hydrogen-bond donors (Lipinski definition) is 2. The Kier molecular flexibility index (Phi) is 5.55. The third-order valence-electron chi connectivity index (χ3n) is 4.21. The topological polar surface area (TPSA) is 62.2 Å². The number of carbonyl (C=O) groups excluding carboxylic acids is 1. The zero-order valence-electron chi connectivity index (χ0n) is 14.0. The Balaban J connectivity index is 1.66. The average molecular weight is 345 g/mol. The summed E-state index contributed by atoms with van der Waals surface area (Å²) in [6, 6.07) is 8.03. The number of anilines is 1. The summed E-state index contributed by atoms with van der Waals surface area (Å²) in [5.41, 5.74) is 0.843. The second-order valence-electron chi connectivity index (χ2n) is 5.87. The number of amides is 1.